The fourth-order valence-corrected chi connectivity index (χ4v) is 1.68. The third kappa shape index (κ3) is 3.91. The number of nitrogens with one attached hydrogen (secondary N) is 1. The molecule has 0 heterocycles. The molecule has 1 aromatic rings. The van der Waals surface area contributed by atoms with Crippen molar-refractivity contribution in [2.75, 3.05) is 13.1 Å². The molecule has 0 aromatic heterocycles. The van der Waals surface area contributed by atoms with Crippen molar-refractivity contribution < 1.29 is 18.7 Å². The molecule has 0 aliphatic rings. The lowest BCUT2D eigenvalue weighted by Crippen LogP contribution is -2.47. The van der Waals surface area contributed by atoms with Gasteiger partial charge in [-0.05, 0) is 43.1 Å². The minimum Gasteiger partial charge on any atom is -0.480 e. The van der Waals surface area contributed by atoms with Gasteiger partial charge in [-0.2, -0.15) is 0 Å². The van der Waals surface area contributed by atoms with Crippen LogP contribution in [0.1, 0.15) is 18.9 Å². The lowest BCUT2D eigenvalue weighted by atomic mass is 9.91. The van der Waals surface area contributed by atoms with Gasteiger partial charge in [-0.1, -0.05) is 5.11 Å². The fourth-order valence-electron chi connectivity index (χ4n) is 1.68. The zero-order valence-electron chi connectivity index (χ0n) is 10.8. The molecule has 0 saturated carbocycles. The van der Waals surface area contributed by atoms with E-state index in [1.54, 1.807) is 0 Å². The number of azide groups is 1. The van der Waals surface area contributed by atoms with E-state index in [2.05, 4.69) is 15.3 Å². The summed E-state index contributed by atoms with van der Waals surface area (Å²) in [5, 5.41) is 15.3. The van der Waals surface area contributed by atoms with E-state index in [0.29, 0.717) is 12.5 Å². The molecule has 0 saturated heterocycles. The molecule has 0 radical (unpaired) electrons. The Balaban J connectivity index is 2.90. The average Bonchev–Trinajstić information content (AvgIpc) is 2.36. The SMILES string of the molecule is CC(NCCCN=[N+]=[N-])(C(=O)O)c1cc(F)cc(F)c1. The van der Waals surface area contributed by atoms with Gasteiger partial charge in [0.05, 0.1) is 0 Å². The Labute approximate surface area is 114 Å². The smallest absolute Gasteiger partial charge is 0.328 e. The highest BCUT2D eigenvalue weighted by Crippen LogP contribution is 2.23. The number of hydrogen-bond acceptors (Lipinski definition) is 3. The van der Waals surface area contributed by atoms with Crippen molar-refractivity contribution in [2.24, 2.45) is 5.11 Å². The Morgan fingerprint density at radius 1 is 1.45 bits per heavy atom. The van der Waals surface area contributed by atoms with Crippen LogP contribution < -0.4 is 5.32 Å². The van der Waals surface area contributed by atoms with E-state index in [-0.39, 0.29) is 18.7 Å². The topological polar surface area (TPSA) is 98.1 Å². The van der Waals surface area contributed by atoms with E-state index < -0.39 is 23.1 Å². The molecule has 1 rings (SSSR count). The van der Waals surface area contributed by atoms with Crippen molar-refractivity contribution >= 4 is 5.97 Å². The Bertz CT molecular complexity index is 526. The maximum absolute atomic E-state index is 13.2. The van der Waals surface area contributed by atoms with Gasteiger partial charge in [0, 0.05) is 17.5 Å². The maximum atomic E-state index is 13.2. The van der Waals surface area contributed by atoms with Gasteiger partial charge in [-0.3, -0.25) is 5.32 Å². The first kappa shape index (κ1) is 15.9. The summed E-state index contributed by atoms with van der Waals surface area (Å²) >= 11 is 0. The van der Waals surface area contributed by atoms with Crippen molar-refractivity contribution in [3.63, 3.8) is 0 Å². The third-order valence-electron chi connectivity index (χ3n) is 2.84. The van der Waals surface area contributed by atoms with Crippen LogP contribution in [0.25, 0.3) is 10.4 Å². The van der Waals surface area contributed by atoms with Gasteiger partial charge in [-0.25, -0.2) is 13.6 Å². The Hall–Kier alpha value is -2.18. The minimum absolute atomic E-state index is 0.0220. The average molecular weight is 284 g/mol. The lowest BCUT2D eigenvalue weighted by Gasteiger charge is -2.27. The predicted molar refractivity (Wildman–Crippen MR) is 68.0 cm³/mol. The van der Waals surface area contributed by atoms with Gasteiger partial charge >= 0.3 is 5.97 Å². The van der Waals surface area contributed by atoms with E-state index in [1.165, 1.54) is 6.92 Å². The first-order valence-electron chi connectivity index (χ1n) is 5.86. The highest BCUT2D eigenvalue weighted by atomic mass is 19.1. The molecule has 0 amide bonds. The number of carboxylic acid groups (broad SMARTS) is 1. The van der Waals surface area contributed by atoms with E-state index >= 15 is 0 Å². The van der Waals surface area contributed by atoms with Gasteiger partial charge in [0.15, 0.2) is 0 Å². The number of aliphatic carboxylic acids is 1. The quantitative estimate of drug-likeness (QED) is 0.348. The van der Waals surface area contributed by atoms with Crippen molar-refractivity contribution in [2.45, 2.75) is 18.9 Å². The summed E-state index contributed by atoms with van der Waals surface area (Å²) < 4.78 is 26.4. The number of hydrogen-bond donors (Lipinski definition) is 2. The fraction of sp³-hybridized carbons (Fsp3) is 0.417. The molecule has 0 fully saturated rings. The first-order valence-corrected chi connectivity index (χ1v) is 5.86. The van der Waals surface area contributed by atoms with Gasteiger partial charge in [0.25, 0.3) is 0 Å². The molecule has 6 nitrogen and oxygen atoms in total. The zero-order valence-corrected chi connectivity index (χ0v) is 10.8. The summed E-state index contributed by atoms with van der Waals surface area (Å²) in [6.45, 7) is 1.74. The second-order valence-corrected chi connectivity index (χ2v) is 4.32. The molecule has 108 valence electrons. The highest BCUT2D eigenvalue weighted by molar-refractivity contribution is 5.80. The van der Waals surface area contributed by atoms with Crippen molar-refractivity contribution in [1.82, 2.24) is 5.32 Å². The molecule has 8 heteroatoms. The van der Waals surface area contributed by atoms with Crippen molar-refractivity contribution in [3.05, 3.63) is 45.8 Å². The molecule has 0 aliphatic heterocycles. The van der Waals surface area contributed by atoms with E-state index in [9.17, 15) is 18.7 Å². The van der Waals surface area contributed by atoms with Crippen LogP contribution in [-0.4, -0.2) is 24.2 Å². The summed E-state index contributed by atoms with van der Waals surface area (Å²) in [5.41, 5.74) is 6.47. The second kappa shape index (κ2) is 6.83. The molecule has 0 bridgehead atoms. The van der Waals surface area contributed by atoms with E-state index in [1.807, 2.05) is 0 Å². The first-order chi connectivity index (χ1) is 9.40. The summed E-state index contributed by atoms with van der Waals surface area (Å²) in [5.74, 6) is -2.95. The molecule has 0 aliphatic carbocycles. The summed E-state index contributed by atoms with van der Waals surface area (Å²) in [6.07, 6.45) is 0.407. The van der Waals surface area contributed by atoms with Crippen LogP contribution in [0.15, 0.2) is 23.3 Å². The normalized spacial score (nSPS) is 13.3. The number of rotatable bonds is 7. The zero-order chi connectivity index (χ0) is 15.2. The monoisotopic (exact) mass is 284 g/mol. The number of carboxylic acids is 1. The Kier molecular flexibility index (Phi) is 5.42. The van der Waals surface area contributed by atoms with Gasteiger partial charge < -0.3 is 5.11 Å². The summed E-state index contributed by atoms with van der Waals surface area (Å²) in [7, 11) is 0. The molecule has 1 aromatic carbocycles. The van der Waals surface area contributed by atoms with Crippen molar-refractivity contribution in [1.29, 1.82) is 0 Å². The lowest BCUT2D eigenvalue weighted by molar-refractivity contribution is -0.144. The van der Waals surface area contributed by atoms with Gasteiger partial charge in [0.2, 0.25) is 0 Å². The van der Waals surface area contributed by atoms with Crippen LogP contribution in [0.2, 0.25) is 0 Å². The third-order valence-corrected chi connectivity index (χ3v) is 2.84. The largest absolute Gasteiger partial charge is 0.480 e. The van der Waals surface area contributed by atoms with E-state index in [0.717, 1.165) is 12.1 Å². The second-order valence-electron chi connectivity index (χ2n) is 4.32. The molecule has 1 unspecified atom stereocenters. The van der Waals surface area contributed by atoms with Gasteiger partial charge in [0.1, 0.15) is 17.2 Å². The minimum atomic E-state index is -1.63. The molecular weight excluding hydrogens is 270 g/mol. The number of benzene rings is 1. The van der Waals surface area contributed by atoms with Crippen molar-refractivity contribution in [3.8, 4) is 0 Å². The van der Waals surface area contributed by atoms with Crippen LogP contribution in [-0.2, 0) is 10.3 Å². The van der Waals surface area contributed by atoms with E-state index in [4.69, 9.17) is 5.53 Å². The molecular formula is C12H14F2N4O2. The van der Waals surface area contributed by atoms with Crippen LogP contribution in [0.4, 0.5) is 8.78 Å². The number of halogens is 2. The molecule has 0 spiro atoms. The van der Waals surface area contributed by atoms with Crippen LogP contribution in [0, 0.1) is 11.6 Å². The number of carbonyl (C=O) groups is 1. The summed E-state index contributed by atoms with van der Waals surface area (Å²) in [6, 6.07) is 2.61. The Morgan fingerprint density at radius 3 is 2.55 bits per heavy atom. The summed E-state index contributed by atoms with van der Waals surface area (Å²) in [4.78, 5) is 13.9. The molecule has 1 atom stereocenters. The predicted octanol–water partition coefficient (Wildman–Crippen LogP) is 2.55. The van der Waals surface area contributed by atoms with Gasteiger partial charge in [-0.15, -0.1) is 0 Å². The molecule has 2 N–H and O–H groups in total. The van der Waals surface area contributed by atoms with Crippen LogP contribution in [0.5, 0.6) is 0 Å². The molecule has 20 heavy (non-hydrogen) atoms. The Morgan fingerprint density at radius 2 is 2.05 bits per heavy atom. The highest BCUT2D eigenvalue weighted by Gasteiger charge is 2.35. The standard InChI is InChI=1S/C12H14F2N4O2/c1-12(11(19)20,16-3-2-4-17-18-15)8-5-9(13)7-10(14)6-8/h5-7,16H,2-4H2,1H3,(H,19,20). The van der Waals surface area contributed by atoms with Crippen LogP contribution >= 0.6 is 0 Å². The number of nitrogens with zero attached hydrogens (tertiary/aromatic N) is 3. The maximum Gasteiger partial charge on any atom is 0.328 e. The van der Waals surface area contributed by atoms with Crippen LogP contribution in [0.3, 0.4) is 0 Å².